The van der Waals surface area contributed by atoms with E-state index in [1.165, 1.54) is 63.5 Å². The second-order valence-electron chi connectivity index (χ2n) is 6.42. The Morgan fingerprint density at radius 2 is 1.18 bits per heavy atom. The minimum atomic E-state index is 0.924. The topological polar surface area (TPSA) is 12.0 Å². The Kier molecular flexibility index (Phi) is 8.52. The van der Waals surface area contributed by atoms with Gasteiger partial charge in [0.25, 0.3) is 0 Å². The molecule has 2 rings (SSSR count). The molecule has 0 saturated heterocycles. The van der Waals surface area contributed by atoms with Crippen LogP contribution in [-0.2, 0) is 0 Å². The van der Waals surface area contributed by atoms with Crippen LogP contribution in [0.15, 0.2) is 54.6 Å². The zero-order valence-corrected chi connectivity index (χ0v) is 13.8. The maximum atomic E-state index is 3.60. The highest BCUT2D eigenvalue weighted by atomic mass is 14.9. The lowest BCUT2D eigenvalue weighted by Gasteiger charge is -2.16. The summed E-state index contributed by atoms with van der Waals surface area (Å²) in [4.78, 5) is 0. The molecular weight excluding hydrogens is 266 g/mol. The van der Waals surface area contributed by atoms with E-state index in [-0.39, 0.29) is 0 Å². The molecule has 0 heterocycles. The van der Waals surface area contributed by atoms with E-state index in [4.69, 9.17) is 0 Å². The highest BCUT2D eigenvalue weighted by molar-refractivity contribution is 5.40. The van der Waals surface area contributed by atoms with Gasteiger partial charge in [0.1, 0.15) is 0 Å². The molecule has 1 fully saturated rings. The van der Waals surface area contributed by atoms with Crippen LogP contribution in [0.5, 0.6) is 0 Å². The van der Waals surface area contributed by atoms with Gasteiger partial charge in [-0.05, 0) is 24.5 Å². The van der Waals surface area contributed by atoms with Gasteiger partial charge in [0, 0.05) is 12.2 Å². The van der Waals surface area contributed by atoms with Crippen LogP contribution in [0.25, 0.3) is 0 Å². The van der Waals surface area contributed by atoms with Gasteiger partial charge in [0.2, 0.25) is 0 Å². The van der Waals surface area contributed by atoms with Crippen molar-refractivity contribution in [2.45, 2.75) is 57.8 Å². The van der Waals surface area contributed by atoms with Crippen LogP contribution >= 0.6 is 0 Å². The van der Waals surface area contributed by atoms with Crippen molar-refractivity contribution in [1.82, 2.24) is 0 Å². The number of hydrogen-bond donors (Lipinski definition) is 1. The molecule has 0 bridgehead atoms. The van der Waals surface area contributed by atoms with Crippen LogP contribution in [-0.4, -0.2) is 6.54 Å². The molecule has 1 heteroatoms. The SMILES string of the molecule is c1ccccc(NCCC2CCCCCCCC2)cccc1. The fraction of sp³-hybridized carbons (Fsp3) is 0.524. The third-order valence-corrected chi connectivity index (χ3v) is 4.57. The molecule has 1 aromatic rings. The number of nitrogens with one attached hydrogen (secondary N) is 1. The first-order valence-electron chi connectivity index (χ1n) is 9.07. The van der Waals surface area contributed by atoms with E-state index < -0.39 is 0 Å². The van der Waals surface area contributed by atoms with Crippen molar-refractivity contribution >= 4 is 5.69 Å². The molecule has 0 aliphatic heterocycles. The Bertz CT molecular complexity index is 418. The molecule has 1 aromatic carbocycles. The van der Waals surface area contributed by atoms with Crippen molar-refractivity contribution in [3.05, 3.63) is 54.6 Å². The summed E-state index contributed by atoms with van der Waals surface area (Å²) in [5.74, 6) is 0.924. The molecule has 1 aliphatic rings. The normalized spacial score (nSPS) is 16.7. The van der Waals surface area contributed by atoms with Crippen LogP contribution in [0.1, 0.15) is 57.8 Å². The first-order chi connectivity index (χ1) is 10.9. The van der Waals surface area contributed by atoms with Gasteiger partial charge in [-0.15, -0.1) is 0 Å². The second kappa shape index (κ2) is 11.1. The number of rotatable bonds is 4. The van der Waals surface area contributed by atoms with Gasteiger partial charge >= 0.3 is 0 Å². The summed E-state index contributed by atoms with van der Waals surface area (Å²) in [6.45, 7) is 1.09. The molecule has 0 unspecified atom stereocenters. The van der Waals surface area contributed by atoms with Gasteiger partial charge in [0.05, 0.1) is 0 Å². The lowest BCUT2D eigenvalue weighted by molar-refractivity contribution is 0.409. The molecule has 0 aromatic heterocycles. The molecule has 0 radical (unpaired) electrons. The third-order valence-electron chi connectivity index (χ3n) is 4.57. The van der Waals surface area contributed by atoms with E-state index in [1.807, 2.05) is 6.07 Å². The average Bonchev–Trinajstić information content (AvgIpc) is 2.67. The predicted molar refractivity (Wildman–Crippen MR) is 97.6 cm³/mol. The highest BCUT2D eigenvalue weighted by Gasteiger charge is 2.10. The van der Waals surface area contributed by atoms with Crippen molar-refractivity contribution in [2.75, 3.05) is 11.9 Å². The molecule has 22 heavy (non-hydrogen) atoms. The van der Waals surface area contributed by atoms with Gasteiger partial charge in [0.15, 0.2) is 0 Å². The number of hydrogen-bond acceptors (Lipinski definition) is 1. The Morgan fingerprint density at radius 3 is 1.77 bits per heavy atom. The van der Waals surface area contributed by atoms with Crippen molar-refractivity contribution < 1.29 is 0 Å². The minimum Gasteiger partial charge on any atom is -0.385 e. The van der Waals surface area contributed by atoms with Gasteiger partial charge in [-0.25, -0.2) is 0 Å². The fourth-order valence-corrected chi connectivity index (χ4v) is 3.24. The summed E-state index contributed by atoms with van der Waals surface area (Å²) in [5, 5.41) is 3.60. The van der Waals surface area contributed by atoms with Crippen LogP contribution in [0.2, 0.25) is 0 Å². The molecule has 1 saturated carbocycles. The lowest BCUT2D eigenvalue weighted by atomic mass is 9.94. The van der Waals surface area contributed by atoms with Gasteiger partial charge in [-0.2, -0.15) is 0 Å². The van der Waals surface area contributed by atoms with E-state index >= 15 is 0 Å². The molecular formula is C21H31N. The molecule has 1 N–H and O–H groups in total. The predicted octanol–water partition coefficient (Wildman–Crippen LogP) is 6.36. The summed E-state index contributed by atoms with van der Waals surface area (Å²) in [5.41, 5.74) is 1.21. The van der Waals surface area contributed by atoms with Gasteiger partial charge in [-0.1, -0.05) is 93.8 Å². The van der Waals surface area contributed by atoms with Crippen molar-refractivity contribution in [2.24, 2.45) is 5.92 Å². The summed E-state index contributed by atoms with van der Waals surface area (Å²) in [7, 11) is 0. The Labute approximate surface area is 136 Å². The maximum absolute atomic E-state index is 3.60. The fourth-order valence-electron chi connectivity index (χ4n) is 3.24. The third kappa shape index (κ3) is 7.49. The minimum absolute atomic E-state index is 0.924. The largest absolute Gasteiger partial charge is 0.385 e. The Balaban J connectivity index is 1.81. The maximum Gasteiger partial charge on any atom is 0.0340 e. The summed E-state index contributed by atoms with van der Waals surface area (Å²) in [6.07, 6.45) is 12.9. The van der Waals surface area contributed by atoms with E-state index in [1.54, 1.807) is 0 Å². The standard InChI is InChI=1S/C21H31N/c1-2-8-12-16-21(17-13-9-3-1)22-19-18-20-14-10-6-4-5-7-11-15-20/h1-3,8-9,12-13,16-17,20,22H,4-7,10-11,14-15,18-19H2. The molecule has 0 atom stereocenters. The van der Waals surface area contributed by atoms with Crippen molar-refractivity contribution in [3.63, 3.8) is 0 Å². The van der Waals surface area contributed by atoms with Crippen LogP contribution in [0, 0.1) is 5.92 Å². The van der Waals surface area contributed by atoms with Crippen LogP contribution < -0.4 is 5.32 Å². The van der Waals surface area contributed by atoms with E-state index in [9.17, 15) is 0 Å². The van der Waals surface area contributed by atoms with Gasteiger partial charge < -0.3 is 5.32 Å². The molecule has 0 spiro atoms. The quantitative estimate of drug-likeness (QED) is 0.681. The van der Waals surface area contributed by atoms with Crippen molar-refractivity contribution in [3.8, 4) is 0 Å². The average molecular weight is 297 g/mol. The zero-order chi connectivity index (χ0) is 15.3. The molecule has 1 nitrogen and oxygen atoms in total. The monoisotopic (exact) mass is 297 g/mol. The lowest BCUT2D eigenvalue weighted by Crippen LogP contribution is -2.09. The smallest absolute Gasteiger partial charge is 0.0340 e. The highest BCUT2D eigenvalue weighted by Crippen LogP contribution is 2.24. The molecule has 1 aliphatic carbocycles. The van der Waals surface area contributed by atoms with E-state index in [0.29, 0.717) is 0 Å². The van der Waals surface area contributed by atoms with Gasteiger partial charge in [-0.3, -0.25) is 0 Å². The van der Waals surface area contributed by atoms with Crippen LogP contribution in [0.3, 0.4) is 0 Å². The Hall–Kier alpha value is -1.50. The number of anilines is 1. The molecule has 120 valence electrons. The molecule has 0 amide bonds. The summed E-state index contributed by atoms with van der Waals surface area (Å²) in [6, 6.07) is 18.8. The second-order valence-corrected chi connectivity index (χ2v) is 6.42. The summed E-state index contributed by atoms with van der Waals surface area (Å²) < 4.78 is 0. The van der Waals surface area contributed by atoms with E-state index in [2.05, 4.69) is 53.8 Å². The van der Waals surface area contributed by atoms with Crippen LogP contribution in [0.4, 0.5) is 5.69 Å². The Morgan fingerprint density at radius 1 is 0.682 bits per heavy atom. The zero-order valence-electron chi connectivity index (χ0n) is 13.8. The first-order valence-corrected chi connectivity index (χ1v) is 9.07. The first kappa shape index (κ1) is 16.9. The summed E-state index contributed by atoms with van der Waals surface area (Å²) >= 11 is 0. The van der Waals surface area contributed by atoms with Crippen molar-refractivity contribution in [1.29, 1.82) is 0 Å². The van der Waals surface area contributed by atoms with E-state index in [0.717, 1.165) is 12.5 Å².